The van der Waals surface area contributed by atoms with Gasteiger partial charge in [-0.2, -0.15) is 5.10 Å². The van der Waals surface area contributed by atoms with Crippen LogP contribution in [-0.4, -0.2) is 27.6 Å². The summed E-state index contributed by atoms with van der Waals surface area (Å²) in [5.41, 5.74) is 4.68. The van der Waals surface area contributed by atoms with Gasteiger partial charge < -0.3 is 4.90 Å². The van der Waals surface area contributed by atoms with Crippen molar-refractivity contribution in [3.8, 4) is 0 Å². The lowest BCUT2D eigenvalue weighted by atomic mass is 10.1. The van der Waals surface area contributed by atoms with E-state index in [1.54, 1.807) is 4.90 Å². The first kappa shape index (κ1) is 17.0. The zero-order valence-electron chi connectivity index (χ0n) is 14.9. The summed E-state index contributed by atoms with van der Waals surface area (Å²) in [7, 11) is 1.84. The van der Waals surface area contributed by atoms with Gasteiger partial charge in [-0.05, 0) is 25.0 Å². The van der Waals surface area contributed by atoms with E-state index < -0.39 is 0 Å². The second-order valence-corrected chi connectivity index (χ2v) is 6.34. The van der Waals surface area contributed by atoms with Crippen LogP contribution in [0.15, 0.2) is 60.7 Å². The van der Waals surface area contributed by atoms with Gasteiger partial charge in [-0.3, -0.25) is 9.48 Å². The maximum atomic E-state index is 12.9. The largest absolute Gasteiger partial charge is 0.337 e. The van der Waals surface area contributed by atoms with Crippen molar-refractivity contribution in [1.29, 1.82) is 0 Å². The fourth-order valence-electron chi connectivity index (χ4n) is 3.04. The van der Waals surface area contributed by atoms with Gasteiger partial charge >= 0.3 is 0 Å². The summed E-state index contributed by atoms with van der Waals surface area (Å²) in [4.78, 5) is 14.7. The summed E-state index contributed by atoms with van der Waals surface area (Å²) in [6.07, 6.45) is 0. The minimum absolute atomic E-state index is 0.0122. The Morgan fingerprint density at radius 1 is 0.960 bits per heavy atom. The van der Waals surface area contributed by atoms with Crippen LogP contribution in [0.4, 0.5) is 0 Å². The van der Waals surface area contributed by atoms with Gasteiger partial charge in [-0.25, -0.2) is 0 Å². The average Bonchev–Trinajstić information content (AvgIpc) is 2.89. The Morgan fingerprint density at radius 3 is 2.12 bits per heavy atom. The molecule has 1 aromatic heterocycles. The van der Waals surface area contributed by atoms with Crippen LogP contribution >= 0.6 is 0 Å². The highest BCUT2D eigenvalue weighted by Gasteiger charge is 2.21. The molecule has 2 aromatic carbocycles. The number of rotatable bonds is 5. The van der Waals surface area contributed by atoms with Gasteiger partial charge in [-0.15, -0.1) is 0 Å². The van der Waals surface area contributed by atoms with Crippen LogP contribution in [-0.2, 0) is 13.1 Å². The van der Waals surface area contributed by atoms with Crippen LogP contribution < -0.4 is 0 Å². The first-order valence-electron chi connectivity index (χ1n) is 8.43. The number of benzene rings is 2. The van der Waals surface area contributed by atoms with Crippen LogP contribution in [0.5, 0.6) is 0 Å². The minimum atomic E-state index is 0.0122. The second-order valence-electron chi connectivity index (χ2n) is 6.34. The molecule has 0 fully saturated rings. The van der Waals surface area contributed by atoms with Crippen LogP contribution in [0.25, 0.3) is 0 Å². The predicted molar refractivity (Wildman–Crippen MR) is 99.5 cm³/mol. The zero-order chi connectivity index (χ0) is 17.8. The Morgan fingerprint density at radius 2 is 1.52 bits per heavy atom. The van der Waals surface area contributed by atoms with E-state index in [0.717, 1.165) is 17.0 Å². The van der Waals surface area contributed by atoms with Gasteiger partial charge in [0.1, 0.15) is 0 Å². The maximum absolute atomic E-state index is 12.9. The second kappa shape index (κ2) is 7.34. The van der Waals surface area contributed by atoms with E-state index in [-0.39, 0.29) is 5.91 Å². The van der Waals surface area contributed by atoms with E-state index in [1.165, 1.54) is 5.56 Å². The minimum Gasteiger partial charge on any atom is -0.337 e. The van der Waals surface area contributed by atoms with E-state index in [9.17, 15) is 4.79 Å². The summed E-state index contributed by atoms with van der Waals surface area (Å²) in [5.74, 6) is 0.0122. The number of aryl methyl sites for hydroxylation is 1. The molecular formula is C21H23N3O. The Bertz CT molecular complexity index is 854. The number of aromatic nitrogens is 2. The number of carbonyl (C=O) groups excluding carboxylic acids is 1. The van der Waals surface area contributed by atoms with Crippen LogP contribution in [0.3, 0.4) is 0 Å². The lowest BCUT2D eigenvalue weighted by Gasteiger charge is -2.17. The molecule has 0 atom stereocenters. The molecule has 3 aromatic rings. The molecule has 0 bridgehead atoms. The number of nitrogens with zero attached hydrogens (tertiary/aromatic N) is 3. The molecule has 4 heteroatoms. The highest BCUT2D eigenvalue weighted by molar-refractivity contribution is 5.96. The fourth-order valence-corrected chi connectivity index (χ4v) is 3.04. The summed E-state index contributed by atoms with van der Waals surface area (Å²) in [5, 5.41) is 4.59. The lowest BCUT2D eigenvalue weighted by molar-refractivity contribution is 0.0783. The maximum Gasteiger partial charge on any atom is 0.257 e. The molecule has 0 saturated heterocycles. The molecule has 0 aliphatic heterocycles. The molecular weight excluding hydrogens is 310 g/mol. The van der Waals surface area contributed by atoms with Crippen molar-refractivity contribution >= 4 is 5.91 Å². The molecule has 0 unspecified atom stereocenters. The SMILES string of the molecule is Cc1nn(Cc2ccccc2)c(C)c1C(=O)N(C)Cc1ccccc1. The third kappa shape index (κ3) is 3.79. The number of amides is 1. The van der Waals surface area contributed by atoms with E-state index in [4.69, 9.17) is 0 Å². The predicted octanol–water partition coefficient (Wildman–Crippen LogP) is 3.82. The molecule has 0 saturated carbocycles. The lowest BCUT2D eigenvalue weighted by Crippen LogP contribution is -2.27. The molecule has 3 rings (SSSR count). The molecule has 0 aliphatic carbocycles. The summed E-state index contributed by atoms with van der Waals surface area (Å²) >= 11 is 0. The summed E-state index contributed by atoms with van der Waals surface area (Å²) in [6.45, 7) is 5.12. The standard InChI is InChI=1S/C21H23N3O/c1-16-20(21(25)23(3)14-18-10-6-4-7-11-18)17(2)24(22-16)15-19-12-8-5-9-13-19/h4-13H,14-15H2,1-3H3. The molecule has 0 N–H and O–H groups in total. The molecule has 4 nitrogen and oxygen atoms in total. The molecule has 1 heterocycles. The van der Waals surface area contributed by atoms with Crippen molar-refractivity contribution in [1.82, 2.24) is 14.7 Å². The quantitative estimate of drug-likeness (QED) is 0.712. The number of carbonyl (C=O) groups is 1. The topological polar surface area (TPSA) is 38.1 Å². The van der Waals surface area contributed by atoms with Gasteiger partial charge in [0, 0.05) is 19.3 Å². The van der Waals surface area contributed by atoms with E-state index in [0.29, 0.717) is 18.7 Å². The highest BCUT2D eigenvalue weighted by Crippen LogP contribution is 2.18. The van der Waals surface area contributed by atoms with Crippen molar-refractivity contribution in [2.24, 2.45) is 0 Å². The third-order valence-electron chi connectivity index (χ3n) is 4.38. The number of hydrogen-bond acceptors (Lipinski definition) is 2. The van der Waals surface area contributed by atoms with Crippen molar-refractivity contribution in [3.05, 3.63) is 88.7 Å². The Hall–Kier alpha value is -2.88. The van der Waals surface area contributed by atoms with E-state index >= 15 is 0 Å². The van der Waals surface area contributed by atoms with Gasteiger partial charge in [-0.1, -0.05) is 60.7 Å². The first-order valence-corrected chi connectivity index (χ1v) is 8.43. The van der Waals surface area contributed by atoms with Crippen molar-refractivity contribution in [2.45, 2.75) is 26.9 Å². The van der Waals surface area contributed by atoms with Gasteiger partial charge in [0.25, 0.3) is 5.91 Å². The zero-order valence-corrected chi connectivity index (χ0v) is 14.9. The van der Waals surface area contributed by atoms with E-state index in [2.05, 4.69) is 17.2 Å². The first-order chi connectivity index (χ1) is 12.1. The Labute approximate surface area is 148 Å². The van der Waals surface area contributed by atoms with Crippen LogP contribution in [0, 0.1) is 13.8 Å². The van der Waals surface area contributed by atoms with Gasteiger partial charge in [0.15, 0.2) is 0 Å². The fraction of sp³-hybridized carbons (Fsp3) is 0.238. The van der Waals surface area contributed by atoms with Crippen molar-refractivity contribution in [3.63, 3.8) is 0 Å². The average molecular weight is 333 g/mol. The van der Waals surface area contributed by atoms with Gasteiger partial charge in [0.05, 0.1) is 17.8 Å². The molecule has 0 radical (unpaired) electrons. The summed E-state index contributed by atoms with van der Waals surface area (Å²) < 4.78 is 1.91. The smallest absolute Gasteiger partial charge is 0.257 e. The highest BCUT2D eigenvalue weighted by atomic mass is 16.2. The Balaban J connectivity index is 1.81. The molecule has 1 amide bonds. The van der Waals surface area contributed by atoms with E-state index in [1.807, 2.05) is 74.1 Å². The summed E-state index contributed by atoms with van der Waals surface area (Å²) in [6, 6.07) is 20.2. The Kier molecular flexibility index (Phi) is 4.98. The van der Waals surface area contributed by atoms with Crippen LogP contribution in [0.2, 0.25) is 0 Å². The van der Waals surface area contributed by atoms with Crippen LogP contribution in [0.1, 0.15) is 32.9 Å². The molecule has 25 heavy (non-hydrogen) atoms. The molecule has 128 valence electrons. The molecule has 0 aliphatic rings. The third-order valence-corrected chi connectivity index (χ3v) is 4.38. The van der Waals surface area contributed by atoms with Gasteiger partial charge in [0.2, 0.25) is 0 Å². The van der Waals surface area contributed by atoms with Crippen molar-refractivity contribution in [2.75, 3.05) is 7.05 Å². The normalized spacial score (nSPS) is 10.7. The van der Waals surface area contributed by atoms with Crippen molar-refractivity contribution < 1.29 is 4.79 Å². The monoisotopic (exact) mass is 333 g/mol. The molecule has 0 spiro atoms. The number of hydrogen-bond donors (Lipinski definition) is 0.